The molecule has 4 heteroatoms. The van der Waals surface area contributed by atoms with Gasteiger partial charge in [-0.2, -0.15) is 0 Å². The lowest BCUT2D eigenvalue weighted by molar-refractivity contribution is 0.0952. The molecule has 2 rings (SSSR count). The largest absolute Gasteiger partial charge is 0.396 e. The van der Waals surface area contributed by atoms with Crippen LogP contribution >= 0.6 is 0 Å². The molecule has 1 heterocycles. The highest BCUT2D eigenvalue weighted by molar-refractivity contribution is 5.94. The Kier molecular flexibility index (Phi) is 6.02. The van der Waals surface area contributed by atoms with E-state index in [-0.39, 0.29) is 12.5 Å². The van der Waals surface area contributed by atoms with Gasteiger partial charge >= 0.3 is 0 Å². The topological polar surface area (TPSA) is 61.4 Å². The average molecular weight is 276 g/mol. The molecule has 0 saturated heterocycles. The van der Waals surface area contributed by atoms with Crippen molar-refractivity contribution in [3.8, 4) is 0 Å². The monoisotopic (exact) mass is 276 g/mol. The molecule has 0 bridgehead atoms. The highest BCUT2D eigenvalue weighted by Gasteiger charge is 2.11. The smallest absolute Gasteiger partial charge is 0.251 e. The molecule has 0 aromatic heterocycles. The molecule has 1 amide bonds. The predicted molar refractivity (Wildman–Crippen MR) is 79.7 cm³/mol. The molecule has 4 nitrogen and oxygen atoms in total. The number of carbonyl (C=O) groups is 1. The third-order valence-electron chi connectivity index (χ3n) is 3.73. The van der Waals surface area contributed by atoms with Gasteiger partial charge in [0.2, 0.25) is 0 Å². The van der Waals surface area contributed by atoms with E-state index in [9.17, 15) is 4.79 Å². The molecule has 1 aromatic carbocycles. The zero-order valence-electron chi connectivity index (χ0n) is 12.0. The Morgan fingerprint density at radius 2 is 2.05 bits per heavy atom. The molecule has 0 aliphatic carbocycles. The average Bonchev–Trinajstić information content (AvgIpc) is 2.50. The maximum atomic E-state index is 12.0. The molecule has 0 saturated carbocycles. The van der Waals surface area contributed by atoms with E-state index < -0.39 is 0 Å². The molecule has 0 atom stereocenters. The Labute approximate surface area is 120 Å². The second-order valence-corrected chi connectivity index (χ2v) is 5.30. The number of unbranched alkanes of at least 4 members (excludes halogenated alkanes) is 3. The van der Waals surface area contributed by atoms with Gasteiger partial charge in [0.05, 0.1) is 0 Å². The van der Waals surface area contributed by atoms with Gasteiger partial charge < -0.3 is 15.7 Å². The van der Waals surface area contributed by atoms with Crippen molar-refractivity contribution in [1.82, 2.24) is 10.6 Å². The summed E-state index contributed by atoms with van der Waals surface area (Å²) in [4.78, 5) is 12.0. The second-order valence-electron chi connectivity index (χ2n) is 5.30. The number of aliphatic hydroxyl groups is 1. The van der Waals surface area contributed by atoms with Crippen molar-refractivity contribution >= 4 is 5.91 Å². The van der Waals surface area contributed by atoms with Crippen molar-refractivity contribution in [2.24, 2.45) is 0 Å². The first kappa shape index (κ1) is 15.0. The Bertz CT molecular complexity index is 446. The summed E-state index contributed by atoms with van der Waals surface area (Å²) in [7, 11) is 0. The Balaban J connectivity index is 1.77. The van der Waals surface area contributed by atoms with Crippen molar-refractivity contribution in [2.75, 3.05) is 19.7 Å². The molecule has 0 spiro atoms. The summed E-state index contributed by atoms with van der Waals surface area (Å²) in [6.07, 6.45) is 4.94. The number of aliphatic hydroxyl groups excluding tert-OH is 1. The van der Waals surface area contributed by atoms with Gasteiger partial charge in [-0.15, -0.1) is 0 Å². The van der Waals surface area contributed by atoms with Gasteiger partial charge in [0, 0.05) is 25.3 Å². The van der Waals surface area contributed by atoms with E-state index in [1.54, 1.807) is 0 Å². The maximum Gasteiger partial charge on any atom is 0.251 e. The molecule has 0 unspecified atom stereocenters. The highest BCUT2D eigenvalue weighted by atomic mass is 16.2. The summed E-state index contributed by atoms with van der Waals surface area (Å²) in [5, 5.41) is 15.0. The van der Waals surface area contributed by atoms with Crippen LogP contribution in [0.3, 0.4) is 0 Å². The number of amides is 1. The Morgan fingerprint density at radius 1 is 1.20 bits per heavy atom. The molecule has 1 aliphatic heterocycles. The van der Waals surface area contributed by atoms with Crippen LogP contribution in [0.5, 0.6) is 0 Å². The zero-order chi connectivity index (χ0) is 14.2. The van der Waals surface area contributed by atoms with Crippen molar-refractivity contribution in [3.63, 3.8) is 0 Å². The highest BCUT2D eigenvalue weighted by Crippen LogP contribution is 2.15. The normalized spacial score (nSPS) is 13.8. The van der Waals surface area contributed by atoms with Gasteiger partial charge in [0.25, 0.3) is 5.91 Å². The number of hydrogen-bond donors (Lipinski definition) is 3. The van der Waals surface area contributed by atoms with Crippen LogP contribution in [0.15, 0.2) is 18.2 Å². The molecule has 1 aromatic rings. The zero-order valence-corrected chi connectivity index (χ0v) is 12.0. The molecule has 20 heavy (non-hydrogen) atoms. The SMILES string of the molecule is O=C(NCCCCCCO)c1ccc2c(c1)CNCC2. The number of nitrogens with one attached hydrogen (secondary N) is 2. The number of rotatable bonds is 7. The molecule has 1 aliphatic rings. The standard InChI is InChI=1S/C16H24N2O2/c19-10-4-2-1-3-8-18-16(20)14-6-5-13-7-9-17-12-15(13)11-14/h5-6,11,17,19H,1-4,7-10,12H2,(H,18,20). The summed E-state index contributed by atoms with van der Waals surface area (Å²) in [5.41, 5.74) is 3.35. The predicted octanol–water partition coefficient (Wildman–Crippen LogP) is 1.61. The molecule has 110 valence electrons. The minimum absolute atomic E-state index is 0.0144. The van der Waals surface area contributed by atoms with Crippen LogP contribution in [-0.2, 0) is 13.0 Å². The van der Waals surface area contributed by atoms with Crippen LogP contribution in [-0.4, -0.2) is 30.7 Å². The quantitative estimate of drug-likeness (QED) is 0.663. The maximum absolute atomic E-state index is 12.0. The minimum atomic E-state index is 0.0144. The number of carbonyl (C=O) groups excluding carboxylic acids is 1. The van der Waals surface area contributed by atoms with E-state index in [0.717, 1.165) is 50.8 Å². The van der Waals surface area contributed by atoms with Crippen LogP contribution in [0.2, 0.25) is 0 Å². The van der Waals surface area contributed by atoms with Crippen LogP contribution in [0, 0.1) is 0 Å². The van der Waals surface area contributed by atoms with E-state index in [1.165, 1.54) is 11.1 Å². The molecule has 0 radical (unpaired) electrons. The van der Waals surface area contributed by atoms with E-state index in [4.69, 9.17) is 5.11 Å². The number of hydrogen-bond acceptors (Lipinski definition) is 3. The van der Waals surface area contributed by atoms with Gasteiger partial charge in [0.1, 0.15) is 0 Å². The van der Waals surface area contributed by atoms with Crippen molar-refractivity contribution in [1.29, 1.82) is 0 Å². The van der Waals surface area contributed by atoms with Gasteiger partial charge in [0.15, 0.2) is 0 Å². The van der Waals surface area contributed by atoms with E-state index in [0.29, 0.717) is 6.54 Å². The summed E-state index contributed by atoms with van der Waals surface area (Å²) < 4.78 is 0. The minimum Gasteiger partial charge on any atom is -0.396 e. The second kappa shape index (κ2) is 8.02. The van der Waals surface area contributed by atoms with Crippen LogP contribution in [0.4, 0.5) is 0 Å². The molecular weight excluding hydrogens is 252 g/mol. The van der Waals surface area contributed by atoms with E-state index >= 15 is 0 Å². The lowest BCUT2D eigenvalue weighted by Crippen LogP contribution is -2.27. The van der Waals surface area contributed by atoms with Crippen LogP contribution in [0.1, 0.15) is 47.2 Å². The summed E-state index contributed by atoms with van der Waals surface area (Å²) >= 11 is 0. The van der Waals surface area contributed by atoms with Gasteiger partial charge in [-0.3, -0.25) is 4.79 Å². The third-order valence-corrected chi connectivity index (χ3v) is 3.73. The molecule has 0 fully saturated rings. The first-order valence-corrected chi connectivity index (χ1v) is 7.53. The Morgan fingerprint density at radius 3 is 2.90 bits per heavy atom. The van der Waals surface area contributed by atoms with Crippen LogP contribution < -0.4 is 10.6 Å². The first-order chi connectivity index (χ1) is 9.81. The van der Waals surface area contributed by atoms with Crippen molar-refractivity contribution in [3.05, 3.63) is 34.9 Å². The third kappa shape index (κ3) is 4.32. The van der Waals surface area contributed by atoms with E-state index in [1.807, 2.05) is 12.1 Å². The van der Waals surface area contributed by atoms with E-state index in [2.05, 4.69) is 16.7 Å². The molecular formula is C16H24N2O2. The Hall–Kier alpha value is -1.39. The number of benzene rings is 1. The fraction of sp³-hybridized carbons (Fsp3) is 0.562. The molecule has 3 N–H and O–H groups in total. The lowest BCUT2D eigenvalue weighted by Gasteiger charge is -2.17. The summed E-state index contributed by atoms with van der Waals surface area (Å²) in [6, 6.07) is 6.00. The van der Waals surface area contributed by atoms with Gasteiger partial charge in [-0.05, 0) is 49.1 Å². The summed E-state index contributed by atoms with van der Waals surface area (Å²) in [5.74, 6) is 0.0144. The van der Waals surface area contributed by atoms with Gasteiger partial charge in [-0.25, -0.2) is 0 Å². The van der Waals surface area contributed by atoms with Gasteiger partial charge in [-0.1, -0.05) is 18.9 Å². The van der Waals surface area contributed by atoms with Crippen molar-refractivity contribution in [2.45, 2.75) is 38.6 Å². The van der Waals surface area contributed by atoms with Crippen LogP contribution in [0.25, 0.3) is 0 Å². The van der Waals surface area contributed by atoms with Crippen molar-refractivity contribution < 1.29 is 9.90 Å². The number of fused-ring (bicyclic) bond motifs is 1. The first-order valence-electron chi connectivity index (χ1n) is 7.53. The summed E-state index contributed by atoms with van der Waals surface area (Å²) in [6.45, 7) is 2.85. The fourth-order valence-electron chi connectivity index (χ4n) is 2.52. The lowest BCUT2D eigenvalue weighted by atomic mass is 9.98. The fourth-order valence-corrected chi connectivity index (χ4v) is 2.52.